The molecule has 10 aromatic rings. The number of fused-ring (bicyclic) bond motifs is 9. The van der Waals surface area contributed by atoms with Gasteiger partial charge in [0.1, 0.15) is 0 Å². The van der Waals surface area contributed by atoms with Gasteiger partial charge in [0, 0.05) is 5.41 Å². The molecule has 53 heavy (non-hydrogen) atoms. The van der Waals surface area contributed by atoms with Crippen LogP contribution in [0.2, 0.25) is 0 Å². The van der Waals surface area contributed by atoms with Crippen LogP contribution in [0.4, 0.5) is 0 Å². The van der Waals surface area contributed by atoms with Crippen LogP contribution < -0.4 is 0 Å². The van der Waals surface area contributed by atoms with E-state index in [1.165, 1.54) is 109 Å². The lowest BCUT2D eigenvalue weighted by Crippen LogP contribution is -2.15. The van der Waals surface area contributed by atoms with Gasteiger partial charge in [0.15, 0.2) is 0 Å². The summed E-state index contributed by atoms with van der Waals surface area (Å²) in [5, 5.41) is 12.8. The lowest BCUT2D eigenvalue weighted by molar-refractivity contribution is 0.666. The highest BCUT2D eigenvalue weighted by Crippen LogP contribution is 2.52. The maximum Gasteiger partial charge on any atom is 0.0165 e. The highest BCUT2D eigenvalue weighted by atomic mass is 14.4. The van der Waals surface area contributed by atoms with Gasteiger partial charge in [-0.3, -0.25) is 0 Å². The topological polar surface area (TPSA) is 0 Å². The van der Waals surface area contributed by atoms with Crippen molar-refractivity contribution in [3.63, 3.8) is 0 Å². The maximum atomic E-state index is 2.42. The van der Waals surface area contributed by atoms with Crippen LogP contribution in [0, 0.1) is 0 Å². The second-order valence-corrected chi connectivity index (χ2v) is 15.3. The monoisotopic (exact) mass is 672 g/mol. The van der Waals surface area contributed by atoms with Gasteiger partial charge in [-0.1, -0.05) is 172 Å². The van der Waals surface area contributed by atoms with E-state index in [0.717, 1.165) is 0 Å². The average Bonchev–Trinajstić information content (AvgIpc) is 3.44. The van der Waals surface area contributed by atoms with E-state index in [2.05, 4.69) is 196 Å². The van der Waals surface area contributed by atoms with Crippen molar-refractivity contribution in [1.29, 1.82) is 0 Å². The van der Waals surface area contributed by atoms with Gasteiger partial charge in [0.2, 0.25) is 0 Å². The van der Waals surface area contributed by atoms with Gasteiger partial charge >= 0.3 is 0 Å². The van der Waals surface area contributed by atoms with Crippen LogP contribution in [0.1, 0.15) is 25.0 Å². The quantitative estimate of drug-likeness (QED) is 0.164. The van der Waals surface area contributed by atoms with Crippen LogP contribution >= 0.6 is 0 Å². The van der Waals surface area contributed by atoms with Crippen molar-refractivity contribution < 1.29 is 0 Å². The summed E-state index contributed by atoms with van der Waals surface area (Å²) in [6, 6.07) is 67.9. The van der Waals surface area contributed by atoms with Crippen molar-refractivity contribution in [1.82, 2.24) is 0 Å². The van der Waals surface area contributed by atoms with Gasteiger partial charge in [0.25, 0.3) is 0 Å². The molecule has 0 amide bonds. The van der Waals surface area contributed by atoms with E-state index in [-0.39, 0.29) is 5.41 Å². The molecule has 0 aliphatic heterocycles. The number of rotatable bonds is 3. The van der Waals surface area contributed by atoms with E-state index in [1.54, 1.807) is 0 Å². The molecule has 0 heteroatoms. The normalized spacial score (nSPS) is 13.2. The Morgan fingerprint density at radius 2 is 0.717 bits per heavy atom. The second-order valence-electron chi connectivity index (χ2n) is 15.3. The summed E-state index contributed by atoms with van der Waals surface area (Å²) in [6.07, 6.45) is 0. The molecule has 0 radical (unpaired) electrons. The molecule has 0 bridgehead atoms. The molecular weight excluding hydrogens is 637 g/mol. The molecule has 0 aromatic heterocycles. The van der Waals surface area contributed by atoms with Gasteiger partial charge in [0.05, 0.1) is 0 Å². The van der Waals surface area contributed by atoms with Gasteiger partial charge < -0.3 is 0 Å². The highest BCUT2D eigenvalue weighted by Gasteiger charge is 2.37. The molecule has 1 aliphatic carbocycles. The van der Waals surface area contributed by atoms with Crippen LogP contribution in [0.25, 0.3) is 98.4 Å². The Hall–Kier alpha value is -6.50. The summed E-state index contributed by atoms with van der Waals surface area (Å²) in [7, 11) is 0. The SMILES string of the molecule is CC1(C)c2ccc(-c3ccc4cc(-c5c6ccccc6c(-c6ccc7ccccc7c6)c6ccccc56)ccc4c3)cc2-c2ccc3ccccc3c21. The van der Waals surface area contributed by atoms with Crippen LogP contribution in [0.5, 0.6) is 0 Å². The molecule has 0 atom stereocenters. The summed E-state index contributed by atoms with van der Waals surface area (Å²) < 4.78 is 0. The third-order valence-electron chi connectivity index (χ3n) is 12.0. The maximum absolute atomic E-state index is 2.42. The van der Waals surface area contributed by atoms with Crippen molar-refractivity contribution in [2.45, 2.75) is 19.3 Å². The molecule has 248 valence electrons. The molecule has 0 nitrogen and oxygen atoms in total. The first kappa shape index (κ1) is 30.2. The molecule has 1 aliphatic rings. The summed E-state index contributed by atoms with van der Waals surface area (Å²) >= 11 is 0. The Morgan fingerprint density at radius 3 is 1.34 bits per heavy atom. The van der Waals surface area contributed by atoms with Crippen LogP contribution in [0.3, 0.4) is 0 Å². The average molecular weight is 673 g/mol. The minimum absolute atomic E-state index is 0.0497. The largest absolute Gasteiger partial charge is 0.0616 e. The lowest BCUT2D eigenvalue weighted by Gasteiger charge is -2.23. The van der Waals surface area contributed by atoms with Crippen LogP contribution in [-0.4, -0.2) is 0 Å². The fraction of sp³-hybridized carbons (Fsp3) is 0.0566. The first-order valence-electron chi connectivity index (χ1n) is 18.7. The molecule has 0 unspecified atom stereocenters. The zero-order chi connectivity index (χ0) is 35.3. The van der Waals surface area contributed by atoms with E-state index < -0.39 is 0 Å². The minimum atomic E-state index is -0.0497. The summed E-state index contributed by atoms with van der Waals surface area (Å²) in [4.78, 5) is 0. The standard InChI is InChI=1S/C53H36/c1-53(2)49-28-26-39(32-48(49)47-27-25-34-12-5-6-14-42(34)52(47)53)37-20-21-38-31-41(24-22-36(38)29-37)51-45-17-9-7-15-43(45)50(44-16-8-10-18-46(44)51)40-23-19-33-11-3-4-13-35(33)30-40/h3-32H,1-2H3. The molecule has 11 rings (SSSR count). The molecule has 0 N–H and O–H groups in total. The Bertz CT molecular complexity index is 3080. The van der Waals surface area contributed by atoms with Gasteiger partial charge in [-0.2, -0.15) is 0 Å². The summed E-state index contributed by atoms with van der Waals surface area (Å²) in [5.41, 5.74) is 13.1. The molecule has 0 heterocycles. The van der Waals surface area contributed by atoms with Gasteiger partial charge in [-0.15, -0.1) is 0 Å². The van der Waals surface area contributed by atoms with Crippen molar-refractivity contribution >= 4 is 53.9 Å². The first-order valence-corrected chi connectivity index (χ1v) is 18.7. The Kier molecular flexibility index (Phi) is 6.40. The van der Waals surface area contributed by atoms with E-state index in [0.29, 0.717) is 0 Å². The molecular formula is C53H36. The van der Waals surface area contributed by atoms with E-state index in [9.17, 15) is 0 Å². The third kappa shape index (κ3) is 4.49. The lowest BCUT2D eigenvalue weighted by atomic mass is 9.80. The molecule has 10 aromatic carbocycles. The second kappa shape index (κ2) is 11.2. The van der Waals surface area contributed by atoms with Gasteiger partial charge in [-0.25, -0.2) is 0 Å². The molecule has 0 saturated carbocycles. The molecule has 0 fully saturated rings. The predicted octanol–water partition coefficient (Wildman–Crippen LogP) is 14.8. The highest BCUT2D eigenvalue weighted by molar-refractivity contribution is 6.22. The number of hydrogen-bond acceptors (Lipinski definition) is 0. The summed E-state index contributed by atoms with van der Waals surface area (Å²) in [6.45, 7) is 4.75. The molecule has 0 spiro atoms. The molecule has 0 saturated heterocycles. The van der Waals surface area contributed by atoms with E-state index in [4.69, 9.17) is 0 Å². The zero-order valence-electron chi connectivity index (χ0n) is 29.8. The van der Waals surface area contributed by atoms with Crippen LogP contribution in [0.15, 0.2) is 182 Å². The van der Waals surface area contributed by atoms with Crippen molar-refractivity contribution in [2.75, 3.05) is 0 Å². The fourth-order valence-electron chi connectivity index (χ4n) is 9.47. The zero-order valence-corrected chi connectivity index (χ0v) is 29.8. The third-order valence-corrected chi connectivity index (χ3v) is 12.0. The van der Waals surface area contributed by atoms with E-state index in [1.807, 2.05) is 0 Å². The van der Waals surface area contributed by atoms with Crippen LogP contribution in [-0.2, 0) is 5.41 Å². The Labute approximate surface area is 309 Å². The fourth-order valence-corrected chi connectivity index (χ4v) is 9.47. The minimum Gasteiger partial charge on any atom is -0.0616 e. The Morgan fingerprint density at radius 1 is 0.302 bits per heavy atom. The number of hydrogen-bond donors (Lipinski definition) is 0. The Balaban J connectivity index is 1.04. The van der Waals surface area contributed by atoms with Gasteiger partial charge in [-0.05, 0) is 134 Å². The van der Waals surface area contributed by atoms with Crippen molar-refractivity contribution in [3.8, 4) is 44.5 Å². The first-order chi connectivity index (χ1) is 26.0. The predicted molar refractivity (Wildman–Crippen MR) is 228 cm³/mol. The van der Waals surface area contributed by atoms with Crippen molar-refractivity contribution in [2.24, 2.45) is 0 Å². The van der Waals surface area contributed by atoms with E-state index >= 15 is 0 Å². The van der Waals surface area contributed by atoms with Crippen molar-refractivity contribution in [3.05, 3.63) is 193 Å². The number of benzene rings is 10. The smallest absolute Gasteiger partial charge is 0.0165 e. The summed E-state index contributed by atoms with van der Waals surface area (Å²) in [5.74, 6) is 0.